The number of carbonyl (C=O) groups excluding carboxylic acids is 2. The molecule has 0 aliphatic rings. The molecule has 176 valence electrons. The summed E-state index contributed by atoms with van der Waals surface area (Å²) in [4.78, 5) is 25.8. The van der Waals surface area contributed by atoms with Gasteiger partial charge in [-0.25, -0.2) is 0 Å². The van der Waals surface area contributed by atoms with Gasteiger partial charge in [-0.2, -0.15) is 0 Å². The van der Waals surface area contributed by atoms with Gasteiger partial charge in [0, 0.05) is 10.8 Å². The maximum Gasteiger partial charge on any atom is 0.314 e. The van der Waals surface area contributed by atoms with Crippen LogP contribution in [0.2, 0.25) is 0 Å². The van der Waals surface area contributed by atoms with Crippen molar-refractivity contribution in [2.45, 2.75) is 92.4 Å². The predicted octanol–water partition coefficient (Wildman–Crippen LogP) is 7.65. The fourth-order valence-corrected chi connectivity index (χ4v) is 4.09. The van der Waals surface area contributed by atoms with Crippen molar-refractivity contribution >= 4 is 22.7 Å². The highest BCUT2D eigenvalue weighted by atomic mass is 16.5. The van der Waals surface area contributed by atoms with Crippen molar-refractivity contribution in [3.63, 3.8) is 0 Å². The van der Waals surface area contributed by atoms with E-state index >= 15 is 0 Å². The number of carbonyl (C=O) groups is 2. The maximum atomic E-state index is 12.9. The predicted molar refractivity (Wildman–Crippen MR) is 131 cm³/mol. The molecule has 0 aliphatic heterocycles. The molecule has 2 aromatic rings. The molecular formula is C28H40O4. The zero-order chi connectivity index (χ0) is 23.5. The molecule has 0 spiro atoms. The number of fused-ring (bicyclic) bond motifs is 1. The van der Waals surface area contributed by atoms with Crippen molar-refractivity contribution < 1.29 is 19.1 Å². The normalized spacial score (nSPS) is 13.0. The van der Waals surface area contributed by atoms with Crippen LogP contribution in [-0.4, -0.2) is 11.9 Å². The molecule has 0 aliphatic carbocycles. The number of esters is 2. The van der Waals surface area contributed by atoms with Gasteiger partial charge in [0.05, 0.1) is 11.8 Å². The second-order valence-electron chi connectivity index (χ2n) is 8.60. The first kappa shape index (κ1) is 25.9. The number of aryl methyl sites for hydroxylation is 1. The molecule has 0 aromatic heterocycles. The Morgan fingerprint density at radius 2 is 1.31 bits per heavy atom. The molecule has 0 saturated carbocycles. The van der Waals surface area contributed by atoms with Crippen molar-refractivity contribution in [3.8, 4) is 11.5 Å². The summed E-state index contributed by atoms with van der Waals surface area (Å²) in [5, 5.41) is 1.61. The average molecular weight is 441 g/mol. The molecule has 0 heterocycles. The van der Waals surface area contributed by atoms with Gasteiger partial charge in [-0.1, -0.05) is 84.6 Å². The summed E-state index contributed by atoms with van der Waals surface area (Å²) in [5.41, 5.74) is 0.881. The molecule has 0 bridgehead atoms. The van der Waals surface area contributed by atoms with Crippen LogP contribution >= 0.6 is 0 Å². The number of rotatable bonds is 13. The first-order chi connectivity index (χ1) is 15.5. The fourth-order valence-electron chi connectivity index (χ4n) is 4.09. The summed E-state index contributed by atoms with van der Waals surface area (Å²) in [6.07, 6.45) is 8.05. The zero-order valence-corrected chi connectivity index (χ0v) is 20.5. The van der Waals surface area contributed by atoms with Crippen molar-refractivity contribution in [1.29, 1.82) is 0 Å². The summed E-state index contributed by atoms with van der Waals surface area (Å²) >= 11 is 0. The van der Waals surface area contributed by atoms with Gasteiger partial charge < -0.3 is 9.47 Å². The lowest BCUT2D eigenvalue weighted by Gasteiger charge is -2.19. The molecule has 0 saturated heterocycles. The van der Waals surface area contributed by atoms with Gasteiger partial charge in [0.1, 0.15) is 11.5 Å². The quantitative estimate of drug-likeness (QED) is 0.237. The Morgan fingerprint density at radius 1 is 0.781 bits per heavy atom. The Hall–Kier alpha value is -2.36. The smallest absolute Gasteiger partial charge is 0.314 e. The van der Waals surface area contributed by atoms with Crippen molar-refractivity contribution in [2.75, 3.05) is 0 Å². The van der Waals surface area contributed by atoms with Crippen molar-refractivity contribution in [2.24, 2.45) is 11.8 Å². The van der Waals surface area contributed by atoms with E-state index in [0.717, 1.165) is 67.7 Å². The Bertz CT molecular complexity index is 886. The third-order valence-corrected chi connectivity index (χ3v) is 6.29. The van der Waals surface area contributed by atoms with Gasteiger partial charge in [0.25, 0.3) is 0 Å². The van der Waals surface area contributed by atoms with Crippen LogP contribution < -0.4 is 9.47 Å². The topological polar surface area (TPSA) is 52.6 Å². The molecule has 2 rings (SSSR count). The van der Waals surface area contributed by atoms with Crippen molar-refractivity contribution in [1.82, 2.24) is 0 Å². The zero-order valence-electron chi connectivity index (χ0n) is 20.5. The van der Waals surface area contributed by atoms with Crippen LogP contribution in [0, 0.1) is 11.8 Å². The standard InChI is InChI=1S/C28H40O4/c1-6-11-15-20(8-3)27(29)31-25-19-22(10-5)26(24-18-14-13-17-23(24)25)32-28(30)21(9-4)16-12-7-2/h13-14,17-21H,6-12,15-16H2,1-5H3. The lowest BCUT2D eigenvalue weighted by Crippen LogP contribution is -2.21. The van der Waals surface area contributed by atoms with E-state index in [9.17, 15) is 9.59 Å². The van der Waals surface area contributed by atoms with E-state index in [1.165, 1.54) is 0 Å². The largest absolute Gasteiger partial charge is 0.426 e. The third-order valence-electron chi connectivity index (χ3n) is 6.29. The minimum atomic E-state index is -0.177. The molecule has 4 nitrogen and oxygen atoms in total. The van der Waals surface area contributed by atoms with Gasteiger partial charge in [-0.05, 0) is 43.7 Å². The van der Waals surface area contributed by atoms with E-state index in [4.69, 9.17) is 9.47 Å². The van der Waals surface area contributed by atoms with Crippen LogP contribution in [0.25, 0.3) is 10.8 Å². The van der Waals surface area contributed by atoms with Gasteiger partial charge in [-0.15, -0.1) is 0 Å². The number of ether oxygens (including phenoxy) is 2. The summed E-state index contributed by atoms with van der Waals surface area (Å²) in [5.74, 6) is 0.607. The molecule has 0 amide bonds. The van der Waals surface area contributed by atoms with Crippen LogP contribution in [0.15, 0.2) is 30.3 Å². The number of hydrogen-bond acceptors (Lipinski definition) is 4. The van der Waals surface area contributed by atoms with Crippen LogP contribution in [0.4, 0.5) is 0 Å². The van der Waals surface area contributed by atoms with E-state index in [0.29, 0.717) is 17.9 Å². The molecule has 4 heteroatoms. The Morgan fingerprint density at radius 3 is 1.81 bits per heavy atom. The Kier molecular flexibility index (Phi) is 10.7. The van der Waals surface area contributed by atoms with Crippen molar-refractivity contribution in [3.05, 3.63) is 35.9 Å². The van der Waals surface area contributed by atoms with Gasteiger partial charge in [0.15, 0.2) is 0 Å². The molecule has 0 fully saturated rings. The van der Waals surface area contributed by atoms with E-state index in [1.54, 1.807) is 0 Å². The van der Waals surface area contributed by atoms with E-state index in [-0.39, 0.29) is 23.8 Å². The summed E-state index contributed by atoms with van der Waals surface area (Å²) in [7, 11) is 0. The molecule has 0 N–H and O–H groups in total. The summed E-state index contributed by atoms with van der Waals surface area (Å²) in [6, 6.07) is 9.59. The van der Waals surface area contributed by atoms with E-state index in [2.05, 4.69) is 13.8 Å². The van der Waals surface area contributed by atoms with Gasteiger partial charge in [0.2, 0.25) is 0 Å². The Labute approximate surface area is 193 Å². The number of benzene rings is 2. The minimum Gasteiger partial charge on any atom is -0.426 e. The van der Waals surface area contributed by atoms with E-state index in [1.807, 2.05) is 51.1 Å². The number of hydrogen-bond donors (Lipinski definition) is 0. The highest BCUT2D eigenvalue weighted by Gasteiger charge is 2.24. The third kappa shape index (κ3) is 6.57. The maximum absolute atomic E-state index is 12.9. The number of unbranched alkanes of at least 4 members (excludes halogenated alkanes) is 2. The van der Waals surface area contributed by atoms with Gasteiger partial charge in [-0.3, -0.25) is 9.59 Å². The highest BCUT2D eigenvalue weighted by molar-refractivity contribution is 5.97. The first-order valence-electron chi connectivity index (χ1n) is 12.5. The molecular weight excluding hydrogens is 400 g/mol. The lowest BCUT2D eigenvalue weighted by atomic mass is 9.98. The monoisotopic (exact) mass is 440 g/mol. The lowest BCUT2D eigenvalue weighted by molar-refractivity contribution is -0.140. The van der Waals surface area contributed by atoms with E-state index < -0.39 is 0 Å². The molecule has 2 atom stereocenters. The van der Waals surface area contributed by atoms with Crippen LogP contribution in [0.1, 0.15) is 91.5 Å². The first-order valence-corrected chi connectivity index (χ1v) is 12.5. The van der Waals surface area contributed by atoms with Crippen LogP contribution in [-0.2, 0) is 16.0 Å². The van der Waals surface area contributed by atoms with Gasteiger partial charge >= 0.3 is 11.9 Å². The second-order valence-corrected chi connectivity index (χ2v) is 8.60. The average Bonchev–Trinajstić information content (AvgIpc) is 2.81. The second kappa shape index (κ2) is 13.2. The van der Waals surface area contributed by atoms with Crippen LogP contribution in [0.3, 0.4) is 0 Å². The fraction of sp³-hybridized carbons (Fsp3) is 0.571. The SMILES string of the molecule is CCCCC(CC)C(=O)Oc1cc(CC)c(OC(=O)C(CC)CCCC)c2ccccc12. The molecule has 0 radical (unpaired) electrons. The summed E-state index contributed by atoms with van der Waals surface area (Å²) < 4.78 is 11.9. The highest BCUT2D eigenvalue weighted by Crippen LogP contribution is 2.38. The molecule has 32 heavy (non-hydrogen) atoms. The molecule has 2 aromatic carbocycles. The Balaban J connectivity index is 2.40. The molecule has 2 unspecified atom stereocenters. The minimum absolute atomic E-state index is 0.0971. The summed E-state index contributed by atoms with van der Waals surface area (Å²) in [6.45, 7) is 10.3. The van der Waals surface area contributed by atoms with Crippen LogP contribution in [0.5, 0.6) is 11.5 Å².